The van der Waals surface area contributed by atoms with E-state index >= 15 is 0 Å². The summed E-state index contributed by atoms with van der Waals surface area (Å²) in [6.45, 7) is 2.76. The average Bonchev–Trinajstić information content (AvgIpc) is 2.58. The molecule has 0 spiro atoms. The van der Waals surface area contributed by atoms with Gasteiger partial charge in [-0.1, -0.05) is 0 Å². The number of aromatic nitrogens is 1. The highest BCUT2D eigenvalue weighted by Gasteiger charge is 2.32. The molecule has 8 nitrogen and oxygen atoms in total. The van der Waals surface area contributed by atoms with Crippen molar-refractivity contribution < 1.29 is 37.0 Å². The van der Waals surface area contributed by atoms with Crippen molar-refractivity contribution in [3.63, 3.8) is 0 Å². The molecule has 1 aromatic heterocycles. The van der Waals surface area contributed by atoms with Gasteiger partial charge in [-0.3, -0.25) is 0 Å². The maximum atomic E-state index is 12.5. The normalized spacial score (nSPS) is 17.1. The third-order valence-corrected chi connectivity index (χ3v) is 3.51. The smallest absolute Gasteiger partial charge is 0.417 e. The second-order valence-electron chi connectivity index (χ2n) is 5.44. The molecule has 0 saturated carbocycles. The van der Waals surface area contributed by atoms with Gasteiger partial charge in [0.05, 0.1) is 29.5 Å². The lowest BCUT2D eigenvalue weighted by Gasteiger charge is -2.26. The van der Waals surface area contributed by atoms with Gasteiger partial charge in [0, 0.05) is 6.20 Å². The van der Waals surface area contributed by atoms with Crippen LogP contribution in [0.1, 0.15) is 29.9 Å². The minimum atomic E-state index is -4.58. The van der Waals surface area contributed by atoms with E-state index in [4.69, 9.17) is 9.47 Å². The van der Waals surface area contributed by atoms with Crippen molar-refractivity contribution in [2.45, 2.75) is 26.1 Å². The predicted octanol–water partition coefficient (Wildman–Crippen LogP) is 1.78. The van der Waals surface area contributed by atoms with Crippen molar-refractivity contribution in [2.75, 3.05) is 13.2 Å². The number of amides is 2. The number of nitrogens with zero attached hydrogens (tertiary/aromatic N) is 1. The van der Waals surface area contributed by atoms with E-state index in [1.807, 2.05) is 0 Å². The second kappa shape index (κ2) is 8.06. The Bertz CT molecular complexity index is 775. The molecule has 2 N–H and O–H groups in total. The highest BCUT2D eigenvalue weighted by Crippen LogP contribution is 2.28. The number of halogens is 3. The van der Waals surface area contributed by atoms with Gasteiger partial charge in [-0.25, -0.2) is 19.4 Å². The molecule has 1 aliphatic rings. The molecule has 0 radical (unpaired) electrons. The van der Waals surface area contributed by atoms with E-state index in [1.165, 1.54) is 0 Å². The molecule has 0 unspecified atom stereocenters. The molecule has 146 valence electrons. The molecule has 0 aromatic carbocycles. The van der Waals surface area contributed by atoms with Gasteiger partial charge < -0.3 is 20.1 Å². The van der Waals surface area contributed by atoms with Crippen molar-refractivity contribution in [1.29, 1.82) is 0 Å². The quantitative estimate of drug-likeness (QED) is 0.746. The lowest BCUT2D eigenvalue weighted by molar-refractivity contribution is -0.139. The number of carbonyl (C=O) groups excluding carboxylic acids is 3. The molecular formula is C16H16F3N3O5. The Morgan fingerprint density at radius 2 is 1.93 bits per heavy atom. The molecule has 2 amide bonds. The predicted molar refractivity (Wildman–Crippen MR) is 84.3 cm³/mol. The van der Waals surface area contributed by atoms with Gasteiger partial charge >= 0.3 is 24.1 Å². The van der Waals surface area contributed by atoms with E-state index in [-0.39, 0.29) is 23.6 Å². The van der Waals surface area contributed by atoms with E-state index in [0.717, 1.165) is 6.07 Å². The summed E-state index contributed by atoms with van der Waals surface area (Å²) in [5.41, 5.74) is -1.27. The fourth-order valence-electron chi connectivity index (χ4n) is 2.29. The Hall–Kier alpha value is -3.11. The first-order chi connectivity index (χ1) is 12.6. The summed E-state index contributed by atoms with van der Waals surface area (Å²) in [4.78, 5) is 39.0. The average molecular weight is 387 g/mol. The van der Waals surface area contributed by atoms with Crippen LogP contribution in [0, 0.1) is 0 Å². The highest BCUT2D eigenvalue weighted by atomic mass is 19.4. The number of carbonyl (C=O) groups is 3. The number of nitrogens with one attached hydrogen (secondary N) is 2. The first-order valence-electron chi connectivity index (χ1n) is 7.81. The molecule has 27 heavy (non-hydrogen) atoms. The van der Waals surface area contributed by atoms with Gasteiger partial charge in [-0.2, -0.15) is 13.2 Å². The third-order valence-electron chi connectivity index (χ3n) is 3.51. The fourth-order valence-corrected chi connectivity index (χ4v) is 2.29. The second-order valence-corrected chi connectivity index (χ2v) is 5.44. The standard InChI is InChI=1S/C16H16F3N3O5/c1-3-26-14(24)12-8(2)21-15(25)22-11(12)7-27-13(23)10-5-4-9(6-20-10)16(17,18)19/h4-6,8H,3,7H2,1-2H3,(H2,21,22,25)/t8-/m0/s1. The minimum Gasteiger partial charge on any atom is -0.463 e. The van der Waals surface area contributed by atoms with Crippen LogP contribution in [0.4, 0.5) is 18.0 Å². The van der Waals surface area contributed by atoms with Crippen LogP contribution in [0.3, 0.4) is 0 Å². The molecule has 1 atom stereocenters. The molecule has 0 saturated heterocycles. The zero-order valence-corrected chi connectivity index (χ0v) is 14.3. The first kappa shape index (κ1) is 20.2. The number of alkyl halides is 3. The van der Waals surface area contributed by atoms with Crippen LogP contribution in [0.5, 0.6) is 0 Å². The van der Waals surface area contributed by atoms with Crippen LogP contribution in [0.2, 0.25) is 0 Å². The lowest BCUT2D eigenvalue weighted by Crippen LogP contribution is -2.50. The summed E-state index contributed by atoms with van der Waals surface area (Å²) >= 11 is 0. The van der Waals surface area contributed by atoms with Gasteiger partial charge in [0.1, 0.15) is 12.3 Å². The molecule has 0 aliphatic carbocycles. The number of pyridine rings is 1. The number of hydrogen-bond donors (Lipinski definition) is 2. The SMILES string of the molecule is CCOC(=O)C1=C(COC(=O)c2ccc(C(F)(F)F)cn2)NC(=O)N[C@H]1C. The Labute approximate surface area is 151 Å². The summed E-state index contributed by atoms with van der Waals surface area (Å²) in [7, 11) is 0. The van der Waals surface area contributed by atoms with Crippen LogP contribution in [0.15, 0.2) is 29.6 Å². The van der Waals surface area contributed by atoms with Crippen LogP contribution >= 0.6 is 0 Å². The van der Waals surface area contributed by atoms with Gasteiger partial charge in [0.2, 0.25) is 0 Å². The third kappa shape index (κ3) is 4.96. The minimum absolute atomic E-state index is 0.0185. The van der Waals surface area contributed by atoms with Gasteiger partial charge in [0.15, 0.2) is 0 Å². The van der Waals surface area contributed by atoms with E-state index in [2.05, 4.69) is 15.6 Å². The van der Waals surface area contributed by atoms with E-state index < -0.39 is 42.4 Å². The van der Waals surface area contributed by atoms with Gasteiger partial charge in [-0.15, -0.1) is 0 Å². The Kier molecular flexibility index (Phi) is 6.03. The van der Waals surface area contributed by atoms with E-state index in [9.17, 15) is 27.6 Å². The highest BCUT2D eigenvalue weighted by molar-refractivity contribution is 5.95. The number of ether oxygens (including phenoxy) is 2. The first-order valence-corrected chi connectivity index (χ1v) is 7.81. The van der Waals surface area contributed by atoms with Crippen LogP contribution in [-0.2, 0) is 20.4 Å². The maximum absolute atomic E-state index is 12.5. The van der Waals surface area contributed by atoms with E-state index in [0.29, 0.717) is 12.3 Å². The van der Waals surface area contributed by atoms with Gasteiger partial charge in [0.25, 0.3) is 0 Å². The van der Waals surface area contributed by atoms with Gasteiger partial charge in [-0.05, 0) is 26.0 Å². The molecule has 1 aliphatic heterocycles. The summed E-state index contributed by atoms with van der Waals surface area (Å²) < 4.78 is 47.4. The molecule has 1 aromatic rings. The topological polar surface area (TPSA) is 107 Å². The Morgan fingerprint density at radius 1 is 1.22 bits per heavy atom. The molecule has 11 heteroatoms. The van der Waals surface area contributed by atoms with Crippen molar-refractivity contribution in [3.8, 4) is 0 Å². The largest absolute Gasteiger partial charge is 0.463 e. The summed E-state index contributed by atoms with van der Waals surface area (Å²) in [6, 6.07) is 0.279. The number of hydrogen-bond acceptors (Lipinski definition) is 6. The van der Waals surface area contributed by atoms with Crippen molar-refractivity contribution >= 4 is 18.0 Å². The summed E-state index contributed by atoms with van der Waals surface area (Å²) in [5.74, 6) is -1.71. The Balaban J connectivity index is 2.14. The fraction of sp³-hybridized carbons (Fsp3) is 0.375. The van der Waals surface area contributed by atoms with Crippen LogP contribution in [-0.4, -0.2) is 42.2 Å². The number of urea groups is 1. The monoisotopic (exact) mass is 387 g/mol. The van der Waals surface area contributed by atoms with Crippen molar-refractivity contribution in [1.82, 2.24) is 15.6 Å². The maximum Gasteiger partial charge on any atom is 0.417 e. The molecule has 0 fully saturated rings. The number of rotatable bonds is 5. The zero-order chi connectivity index (χ0) is 20.2. The summed E-state index contributed by atoms with van der Waals surface area (Å²) in [5, 5.41) is 4.82. The molecule has 2 rings (SSSR count). The zero-order valence-electron chi connectivity index (χ0n) is 14.3. The van der Waals surface area contributed by atoms with Crippen molar-refractivity contribution in [3.05, 3.63) is 40.9 Å². The van der Waals surface area contributed by atoms with E-state index in [1.54, 1.807) is 13.8 Å². The van der Waals surface area contributed by atoms with Crippen molar-refractivity contribution in [2.24, 2.45) is 0 Å². The molecular weight excluding hydrogens is 371 g/mol. The number of esters is 2. The Morgan fingerprint density at radius 3 is 2.48 bits per heavy atom. The van der Waals surface area contributed by atoms with Crippen LogP contribution < -0.4 is 10.6 Å². The molecule has 0 bridgehead atoms. The lowest BCUT2D eigenvalue weighted by atomic mass is 10.0. The van der Waals surface area contributed by atoms with Crippen LogP contribution in [0.25, 0.3) is 0 Å². The summed E-state index contributed by atoms with van der Waals surface area (Å²) in [6.07, 6.45) is -4.07. The molecule has 2 heterocycles.